The predicted octanol–water partition coefficient (Wildman–Crippen LogP) is 2.31. The second-order valence-corrected chi connectivity index (χ2v) is 7.12. The van der Waals surface area contributed by atoms with Crippen molar-refractivity contribution in [3.63, 3.8) is 0 Å². The van der Waals surface area contributed by atoms with Gasteiger partial charge in [-0.3, -0.25) is 0 Å². The molecule has 2 N–H and O–H groups in total. The molecule has 0 spiro atoms. The standard InChI is InChI=1S/C13H17ClFNO3S/c14-11-6-5-10(15)7-13(11)20(18,19)16-12-4-2-1-3-9(12)8-17/h5-7,9,12,16-17H,1-4,8H2. The molecule has 7 heteroatoms. The van der Waals surface area contributed by atoms with Crippen molar-refractivity contribution in [1.29, 1.82) is 0 Å². The highest BCUT2D eigenvalue weighted by atomic mass is 35.5. The number of hydrogen-bond donors (Lipinski definition) is 2. The Bertz CT molecular complexity index is 579. The Morgan fingerprint density at radius 2 is 2.05 bits per heavy atom. The Morgan fingerprint density at radius 3 is 2.75 bits per heavy atom. The van der Waals surface area contributed by atoms with E-state index in [1.165, 1.54) is 6.07 Å². The van der Waals surface area contributed by atoms with Crippen molar-refractivity contribution in [2.24, 2.45) is 5.92 Å². The van der Waals surface area contributed by atoms with Gasteiger partial charge in [-0.2, -0.15) is 0 Å². The first-order valence-electron chi connectivity index (χ1n) is 6.52. The highest BCUT2D eigenvalue weighted by Gasteiger charge is 2.30. The molecule has 1 aromatic rings. The van der Waals surface area contributed by atoms with Crippen LogP contribution in [0.2, 0.25) is 5.02 Å². The van der Waals surface area contributed by atoms with E-state index in [0.717, 1.165) is 31.4 Å². The maximum Gasteiger partial charge on any atom is 0.242 e. The van der Waals surface area contributed by atoms with Gasteiger partial charge in [-0.25, -0.2) is 17.5 Å². The molecule has 0 aliphatic heterocycles. The van der Waals surface area contributed by atoms with E-state index in [2.05, 4.69) is 4.72 Å². The molecule has 2 unspecified atom stereocenters. The van der Waals surface area contributed by atoms with Crippen molar-refractivity contribution < 1.29 is 17.9 Å². The van der Waals surface area contributed by atoms with Crippen LogP contribution in [-0.4, -0.2) is 26.2 Å². The van der Waals surface area contributed by atoms with Crippen molar-refractivity contribution in [1.82, 2.24) is 4.72 Å². The zero-order chi connectivity index (χ0) is 14.8. The summed E-state index contributed by atoms with van der Waals surface area (Å²) in [6.07, 6.45) is 3.32. The molecular formula is C13H17ClFNO3S. The van der Waals surface area contributed by atoms with Gasteiger partial charge in [-0.1, -0.05) is 24.4 Å². The molecule has 1 saturated carbocycles. The highest BCUT2D eigenvalue weighted by Crippen LogP contribution is 2.27. The number of nitrogens with one attached hydrogen (secondary N) is 1. The SMILES string of the molecule is O=S(=O)(NC1CCCCC1CO)c1cc(F)ccc1Cl. The summed E-state index contributed by atoms with van der Waals surface area (Å²) in [5, 5.41) is 9.29. The molecule has 0 amide bonds. The van der Waals surface area contributed by atoms with Gasteiger partial charge in [0, 0.05) is 12.6 Å². The van der Waals surface area contributed by atoms with Crippen LogP contribution >= 0.6 is 11.6 Å². The van der Waals surface area contributed by atoms with Crippen LogP contribution in [0.3, 0.4) is 0 Å². The van der Waals surface area contributed by atoms with Gasteiger partial charge in [0.15, 0.2) is 0 Å². The summed E-state index contributed by atoms with van der Waals surface area (Å²) in [5.41, 5.74) is 0. The fourth-order valence-electron chi connectivity index (χ4n) is 2.53. The Kier molecular flexibility index (Phi) is 5.01. The minimum absolute atomic E-state index is 0.0183. The fourth-order valence-corrected chi connectivity index (χ4v) is 4.38. The normalized spacial score (nSPS) is 23.8. The van der Waals surface area contributed by atoms with E-state index in [1.807, 2.05) is 0 Å². The van der Waals surface area contributed by atoms with Crippen LogP contribution < -0.4 is 4.72 Å². The minimum Gasteiger partial charge on any atom is -0.396 e. The quantitative estimate of drug-likeness (QED) is 0.894. The van der Waals surface area contributed by atoms with Gasteiger partial charge in [0.05, 0.1) is 5.02 Å². The lowest BCUT2D eigenvalue weighted by molar-refractivity contribution is 0.164. The van der Waals surface area contributed by atoms with E-state index in [0.29, 0.717) is 6.42 Å². The van der Waals surface area contributed by atoms with Crippen molar-refractivity contribution in [3.8, 4) is 0 Å². The van der Waals surface area contributed by atoms with Gasteiger partial charge in [-0.15, -0.1) is 0 Å². The number of hydrogen-bond acceptors (Lipinski definition) is 3. The van der Waals surface area contributed by atoms with Gasteiger partial charge in [0.2, 0.25) is 10.0 Å². The summed E-state index contributed by atoms with van der Waals surface area (Å²) in [4.78, 5) is -0.263. The molecule has 0 aromatic heterocycles. The average molecular weight is 322 g/mol. The van der Waals surface area contributed by atoms with E-state index in [4.69, 9.17) is 11.6 Å². The van der Waals surface area contributed by atoms with Gasteiger partial charge >= 0.3 is 0 Å². The Balaban J connectivity index is 2.24. The molecule has 112 valence electrons. The lowest BCUT2D eigenvalue weighted by atomic mass is 9.86. The van der Waals surface area contributed by atoms with Crippen LogP contribution in [0.1, 0.15) is 25.7 Å². The van der Waals surface area contributed by atoms with Crippen molar-refractivity contribution in [2.75, 3.05) is 6.61 Å². The molecule has 1 aliphatic carbocycles. The highest BCUT2D eigenvalue weighted by molar-refractivity contribution is 7.89. The largest absolute Gasteiger partial charge is 0.396 e. The summed E-state index contributed by atoms with van der Waals surface area (Å²) < 4.78 is 40.3. The minimum atomic E-state index is -3.89. The van der Waals surface area contributed by atoms with Gasteiger partial charge in [0.1, 0.15) is 10.7 Å². The zero-order valence-electron chi connectivity index (χ0n) is 10.9. The first-order chi connectivity index (χ1) is 9.44. The monoisotopic (exact) mass is 321 g/mol. The van der Waals surface area contributed by atoms with Crippen molar-refractivity contribution in [2.45, 2.75) is 36.6 Å². The molecule has 1 aromatic carbocycles. The average Bonchev–Trinajstić information content (AvgIpc) is 2.41. The van der Waals surface area contributed by atoms with E-state index < -0.39 is 15.8 Å². The number of benzene rings is 1. The first-order valence-corrected chi connectivity index (χ1v) is 8.38. The fraction of sp³-hybridized carbons (Fsp3) is 0.538. The summed E-state index contributed by atoms with van der Waals surface area (Å²) in [7, 11) is -3.89. The van der Waals surface area contributed by atoms with Gasteiger partial charge in [0.25, 0.3) is 0 Å². The van der Waals surface area contributed by atoms with Gasteiger partial charge in [-0.05, 0) is 37.0 Å². The molecule has 0 heterocycles. The Hall–Kier alpha value is -0.690. The third-order valence-corrected chi connectivity index (χ3v) is 5.60. The molecule has 1 fully saturated rings. The van der Waals surface area contributed by atoms with Crippen LogP contribution in [0.4, 0.5) is 4.39 Å². The summed E-state index contributed by atoms with van der Waals surface area (Å²) in [5.74, 6) is -0.761. The molecule has 0 bridgehead atoms. The van der Waals surface area contributed by atoms with E-state index >= 15 is 0 Å². The summed E-state index contributed by atoms with van der Waals surface area (Å²) in [6, 6.07) is 2.90. The molecule has 2 atom stereocenters. The van der Waals surface area contributed by atoms with Crippen LogP contribution in [0.25, 0.3) is 0 Å². The third kappa shape index (κ3) is 3.49. The number of rotatable bonds is 4. The Labute approximate surface area is 123 Å². The molecule has 20 heavy (non-hydrogen) atoms. The van der Waals surface area contributed by atoms with Crippen LogP contribution in [0.15, 0.2) is 23.1 Å². The van der Waals surface area contributed by atoms with Crippen LogP contribution in [0.5, 0.6) is 0 Å². The predicted molar refractivity (Wildman–Crippen MR) is 74.6 cm³/mol. The number of sulfonamides is 1. The lowest BCUT2D eigenvalue weighted by Gasteiger charge is -2.30. The molecule has 1 aliphatic rings. The first kappa shape index (κ1) is 15.7. The smallest absolute Gasteiger partial charge is 0.242 e. The van der Waals surface area contributed by atoms with Crippen LogP contribution in [0, 0.1) is 11.7 Å². The third-order valence-electron chi connectivity index (χ3n) is 3.63. The molecule has 0 radical (unpaired) electrons. The zero-order valence-corrected chi connectivity index (χ0v) is 12.4. The number of halogens is 2. The maximum atomic E-state index is 13.2. The molecule has 0 saturated heterocycles. The van der Waals surface area contributed by atoms with E-state index in [-0.39, 0.29) is 28.5 Å². The number of aliphatic hydroxyl groups excluding tert-OH is 1. The van der Waals surface area contributed by atoms with E-state index in [1.54, 1.807) is 0 Å². The van der Waals surface area contributed by atoms with Gasteiger partial charge < -0.3 is 5.11 Å². The van der Waals surface area contributed by atoms with Crippen molar-refractivity contribution >= 4 is 21.6 Å². The molecule has 4 nitrogen and oxygen atoms in total. The Morgan fingerprint density at radius 1 is 1.35 bits per heavy atom. The molecular weight excluding hydrogens is 305 g/mol. The summed E-state index contributed by atoms with van der Waals surface area (Å²) >= 11 is 5.83. The maximum absolute atomic E-state index is 13.2. The number of aliphatic hydroxyl groups is 1. The van der Waals surface area contributed by atoms with Crippen LogP contribution in [-0.2, 0) is 10.0 Å². The van der Waals surface area contributed by atoms with E-state index in [9.17, 15) is 17.9 Å². The topological polar surface area (TPSA) is 66.4 Å². The molecule has 2 rings (SSSR count). The second kappa shape index (κ2) is 6.39. The van der Waals surface area contributed by atoms with Crippen molar-refractivity contribution in [3.05, 3.63) is 29.0 Å². The summed E-state index contributed by atoms with van der Waals surface area (Å²) in [6.45, 7) is -0.0654. The lowest BCUT2D eigenvalue weighted by Crippen LogP contribution is -2.43. The second-order valence-electron chi connectivity index (χ2n) is 5.03.